The highest BCUT2D eigenvalue weighted by Gasteiger charge is 2.37. The van der Waals surface area contributed by atoms with E-state index < -0.39 is 11.6 Å². The van der Waals surface area contributed by atoms with Gasteiger partial charge in [-0.1, -0.05) is 5.92 Å². The van der Waals surface area contributed by atoms with Gasteiger partial charge in [0.2, 0.25) is 0 Å². The average Bonchev–Trinajstić information content (AvgIpc) is 2.89. The summed E-state index contributed by atoms with van der Waals surface area (Å²) in [5.74, 6) is 6.10. The fourth-order valence-corrected chi connectivity index (χ4v) is 6.89. The molecule has 9 atom stereocenters. The van der Waals surface area contributed by atoms with Crippen molar-refractivity contribution in [2.75, 3.05) is 19.7 Å². The molecule has 228 valence electrons. The lowest BCUT2D eigenvalue weighted by atomic mass is 9.80. The van der Waals surface area contributed by atoms with E-state index in [-0.39, 0.29) is 67.1 Å². The van der Waals surface area contributed by atoms with Gasteiger partial charge in [0.1, 0.15) is 6.29 Å². The van der Waals surface area contributed by atoms with Crippen LogP contribution in [-0.4, -0.2) is 87.7 Å². The van der Waals surface area contributed by atoms with E-state index in [0.29, 0.717) is 32.1 Å². The topological polar surface area (TPSA) is 151 Å². The predicted octanol–water partition coefficient (Wildman–Crippen LogP) is 1.97. The van der Waals surface area contributed by atoms with Gasteiger partial charge in [-0.25, -0.2) is 0 Å². The highest BCUT2D eigenvalue weighted by atomic mass is 16.4. The summed E-state index contributed by atoms with van der Waals surface area (Å²) in [7, 11) is 0. The van der Waals surface area contributed by atoms with Gasteiger partial charge in [0.05, 0.1) is 18.1 Å². The lowest BCUT2D eigenvalue weighted by Crippen LogP contribution is -2.57. The molecule has 0 amide bonds. The SMILES string of the molecule is CC1NC(CC(CC=O)CCC2C#CCC3CC(C)(CCN3)NCC(O)(CC(=O)O)CCC(CO)C2)CCC1O. The number of carboxylic acids is 1. The van der Waals surface area contributed by atoms with Crippen LogP contribution in [0.4, 0.5) is 0 Å². The van der Waals surface area contributed by atoms with Crippen LogP contribution in [0.5, 0.6) is 0 Å². The Morgan fingerprint density at radius 3 is 2.73 bits per heavy atom. The molecule has 7 N–H and O–H groups in total. The van der Waals surface area contributed by atoms with Gasteiger partial charge in [0.15, 0.2) is 0 Å². The van der Waals surface area contributed by atoms with E-state index in [4.69, 9.17) is 0 Å². The van der Waals surface area contributed by atoms with Crippen LogP contribution in [0.2, 0.25) is 0 Å². The second-order valence-electron chi connectivity index (χ2n) is 13.2. The molecule has 3 heterocycles. The third-order valence-corrected chi connectivity index (χ3v) is 9.54. The fourth-order valence-electron chi connectivity index (χ4n) is 6.89. The smallest absolute Gasteiger partial charge is 0.306 e. The van der Waals surface area contributed by atoms with Gasteiger partial charge in [-0.05, 0) is 96.4 Å². The minimum absolute atomic E-state index is 0.0410. The lowest BCUT2D eigenvalue weighted by molar-refractivity contribution is -0.143. The van der Waals surface area contributed by atoms with Crippen LogP contribution in [0.15, 0.2) is 0 Å². The first-order valence-corrected chi connectivity index (χ1v) is 15.4. The fraction of sp³-hybridized carbons (Fsp3) is 0.871. The summed E-state index contributed by atoms with van der Waals surface area (Å²) in [6.45, 7) is 5.13. The molecule has 0 aromatic carbocycles. The number of aliphatic carboxylic acids is 1. The number of rotatable bonds is 10. The van der Waals surface area contributed by atoms with E-state index in [1.807, 2.05) is 6.92 Å². The van der Waals surface area contributed by atoms with E-state index in [2.05, 4.69) is 34.7 Å². The van der Waals surface area contributed by atoms with Crippen LogP contribution in [0, 0.1) is 29.6 Å². The molecule has 0 aromatic rings. The zero-order valence-corrected chi connectivity index (χ0v) is 24.5. The van der Waals surface area contributed by atoms with Crippen LogP contribution in [-0.2, 0) is 9.59 Å². The van der Waals surface area contributed by atoms with E-state index >= 15 is 0 Å². The first-order valence-electron chi connectivity index (χ1n) is 15.4. The third kappa shape index (κ3) is 10.7. The molecule has 3 aliphatic rings. The summed E-state index contributed by atoms with van der Waals surface area (Å²) in [4.78, 5) is 23.1. The monoisotopic (exact) mass is 563 g/mol. The first-order chi connectivity index (χ1) is 19.0. The van der Waals surface area contributed by atoms with Crippen molar-refractivity contribution in [3.63, 3.8) is 0 Å². The molecule has 9 heteroatoms. The second kappa shape index (κ2) is 15.6. The number of carboxylic acid groups (broad SMARTS) is 1. The molecule has 3 aliphatic heterocycles. The average molecular weight is 564 g/mol. The summed E-state index contributed by atoms with van der Waals surface area (Å²) < 4.78 is 0. The molecule has 2 bridgehead atoms. The molecule has 9 unspecified atom stereocenters. The van der Waals surface area contributed by atoms with Crippen molar-refractivity contribution in [2.24, 2.45) is 17.8 Å². The van der Waals surface area contributed by atoms with Crippen molar-refractivity contribution in [3.05, 3.63) is 0 Å². The highest BCUT2D eigenvalue weighted by Crippen LogP contribution is 2.31. The molecule has 2 fully saturated rings. The van der Waals surface area contributed by atoms with Crippen LogP contribution < -0.4 is 16.0 Å². The Morgan fingerprint density at radius 2 is 2.02 bits per heavy atom. The molecule has 0 radical (unpaired) electrons. The van der Waals surface area contributed by atoms with Gasteiger partial charge in [-0.3, -0.25) is 4.79 Å². The number of aliphatic hydroxyl groups excluding tert-OH is 2. The maximum absolute atomic E-state index is 11.6. The molecule has 0 saturated carbocycles. The number of carbonyl (C=O) groups excluding carboxylic acids is 1. The third-order valence-electron chi connectivity index (χ3n) is 9.54. The van der Waals surface area contributed by atoms with Gasteiger partial charge in [0, 0.05) is 55.6 Å². The second-order valence-corrected chi connectivity index (χ2v) is 13.2. The Balaban J connectivity index is 1.72. The maximum atomic E-state index is 11.6. The number of hydrogen-bond donors (Lipinski definition) is 7. The molecule has 40 heavy (non-hydrogen) atoms. The first kappa shape index (κ1) is 33.0. The molecule has 0 aromatic heterocycles. The molecule has 2 saturated heterocycles. The van der Waals surface area contributed by atoms with Crippen LogP contribution >= 0.6 is 0 Å². The quantitative estimate of drug-likeness (QED) is 0.156. The predicted molar refractivity (Wildman–Crippen MR) is 155 cm³/mol. The zero-order chi connectivity index (χ0) is 29.2. The molecular formula is C31H53N3O6. The number of hydrogen-bond acceptors (Lipinski definition) is 8. The van der Waals surface area contributed by atoms with Gasteiger partial charge in [0.25, 0.3) is 0 Å². The number of carbonyl (C=O) groups is 2. The number of β-amino-alcohol motifs (C(OH)–C–C–N with tert-alkyl or cyclic N) is 1. The Bertz CT molecular complexity index is 877. The number of aldehydes is 1. The van der Waals surface area contributed by atoms with E-state index in [9.17, 15) is 30.0 Å². The highest BCUT2D eigenvalue weighted by molar-refractivity contribution is 5.68. The van der Waals surface area contributed by atoms with E-state index in [0.717, 1.165) is 57.8 Å². The van der Waals surface area contributed by atoms with Crippen LogP contribution in [0.25, 0.3) is 0 Å². The van der Waals surface area contributed by atoms with E-state index in [1.165, 1.54) is 0 Å². The van der Waals surface area contributed by atoms with Crippen molar-refractivity contribution < 1.29 is 30.0 Å². The summed E-state index contributed by atoms with van der Waals surface area (Å²) in [6, 6.07) is 0.550. The Hall–Kier alpha value is -1.54. The number of nitrogens with one attached hydrogen (secondary N) is 3. The Labute approximate surface area is 240 Å². The van der Waals surface area contributed by atoms with Gasteiger partial charge >= 0.3 is 5.97 Å². The van der Waals surface area contributed by atoms with Gasteiger partial charge < -0.3 is 41.2 Å². The Kier molecular flexibility index (Phi) is 12.9. The molecule has 0 aliphatic carbocycles. The van der Waals surface area contributed by atoms with Crippen LogP contribution in [0.1, 0.15) is 97.3 Å². The molecular weight excluding hydrogens is 510 g/mol. The Morgan fingerprint density at radius 1 is 1.23 bits per heavy atom. The number of fused-ring (bicyclic) bond motifs is 2. The van der Waals surface area contributed by atoms with Crippen molar-refractivity contribution in [2.45, 2.75) is 133 Å². The van der Waals surface area contributed by atoms with Crippen molar-refractivity contribution in [1.82, 2.24) is 16.0 Å². The molecule has 0 spiro atoms. The maximum Gasteiger partial charge on any atom is 0.306 e. The summed E-state index contributed by atoms with van der Waals surface area (Å²) in [5, 5.41) is 51.7. The minimum Gasteiger partial charge on any atom is -0.481 e. The van der Waals surface area contributed by atoms with Crippen LogP contribution in [0.3, 0.4) is 0 Å². The standard InChI is InChI=1S/C31H53N3O6/c1-22-28(37)9-8-26(34-22)17-24(11-15-35)7-6-23-4-3-5-27-18-30(2,13-14-32-27)33-21-31(40,19-29(38)39)12-10-25(16-23)20-36/h15,22-28,32-34,36-37,40H,5-14,16-21H2,1-2H3,(H,38,39). The number of aliphatic hydroxyl groups is 3. The minimum atomic E-state index is -1.39. The van der Waals surface area contributed by atoms with Crippen molar-refractivity contribution in [1.29, 1.82) is 0 Å². The van der Waals surface area contributed by atoms with E-state index in [1.54, 1.807) is 0 Å². The normalized spacial score (nSPS) is 38.3. The van der Waals surface area contributed by atoms with Gasteiger partial charge in [-0.15, -0.1) is 5.92 Å². The summed E-state index contributed by atoms with van der Waals surface area (Å²) in [5.41, 5.74) is -1.60. The molecule has 9 nitrogen and oxygen atoms in total. The van der Waals surface area contributed by atoms with Crippen molar-refractivity contribution in [3.8, 4) is 11.8 Å². The lowest BCUT2D eigenvalue weighted by Gasteiger charge is -2.42. The zero-order valence-electron chi connectivity index (χ0n) is 24.5. The molecule has 3 rings (SSSR count). The largest absolute Gasteiger partial charge is 0.481 e. The number of piperidine rings is 2. The summed E-state index contributed by atoms with van der Waals surface area (Å²) in [6.07, 6.45) is 9.01. The summed E-state index contributed by atoms with van der Waals surface area (Å²) >= 11 is 0. The van der Waals surface area contributed by atoms with Gasteiger partial charge in [-0.2, -0.15) is 0 Å². The van der Waals surface area contributed by atoms with Crippen molar-refractivity contribution >= 4 is 12.3 Å².